The third-order valence-corrected chi connectivity index (χ3v) is 2.73. The van der Waals surface area contributed by atoms with Gasteiger partial charge < -0.3 is 10.1 Å². The number of rotatable bonds is 5. The lowest BCUT2D eigenvalue weighted by atomic mass is 10.0. The standard InChI is InChI=1S/C15H19N3O/c1-11(2)19-13-8-5-4-7-12(13)14(16-3)15-17-9-6-10-18-15/h4-11,14,16H,1-3H3. The number of nitrogens with one attached hydrogen (secondary N) is 1. The second-order valence-corrected chi connectivity index (χ2v) is 4.53. The number of hydrogen-bond donors (Lipinski definition) is 1. The first-order valence-electron chi connectivity index (χ1n) is 6.42. The van der Waals surface area contributed by atoms with Crippen LogP contribution >= 0.6 is 0 Å². The van der Waals surface area contributed by atoms with Gasteiger partial charge in [-0.3, -0.25) is 0 Å². The number of nitrogens with zero attached hydrogens (tertiary/aromatic N) is 2. The van der Waals surface area contributed by atoms with Gasteiger partial charge in [0.15, 0.2) is 0 Å². The molecule has 0 saturated heterocycles. The molecule has 19 heavy (non-hydrogen) atoms. The molecule has 2 aromatic rings. The molecule has 4 heteroatoms. The summed E-state index contributed by atoms with van der Waals surface area (Å²) in [4.78, 5) is 8.63. The SMILES string of the molecule is CNC(c1ncccn1)c1ccccc1OC(C)C. The molecule has 1 aromatic carbocycles. The zero-order chi connectivity index (χ0) is 13.7. The molecular formula is C15H19N3O. The Labute approximate surface area is 113 Å². The summed E-state index contributed by atoms with van der Waals surface area (Å²) in [5.41, 5.74) is 1.05. The van der Waals surface area contributed by atoms with E-state index in [9.17, 15) is 0 Å². The van der Waals surface area contributed by atoms with Gasteiger partial charge in [-0.15, -0.1) is 0 Å². The molecule has 0 saturated carbocycles. The number of aromatic nitrogens is 2. The molecule has 0 aliphatic carbocycles. The molecule has 0 spiro atoms. The van der Waals surface area contributed by atoms with E-state index in [0.717, 1.165) is 17.1 Å². The molecule has 0 radical (unpaired) electrons. The third kappa shape index (κ3) is 3.29. The van der Waals surface area contributed by atoms with Crippen LogP contribution in [0.5, 0.6) is 5.75 Å². The zero-order valence-electron chi connectivity index (χ0n) is 11.5. The fourth-order valence-electron chi connectivity index (χ4n) is 1.96. The first-order chi connectivity index (χ1) is 9.22. The lowest BCUT2D eigenvalue weighted by Crippen LogP contribution is -2.21. The van der Waals surface area contributed by atoms with Gasteiger partial charge in [0.25, 0.3) is 0 Å². The minimum Gasteiger partial charge on any atom is -0.491 e. The maximum atomic E-state index is 5.85. The smallest absolute Gasteiger partial charge is 0.149 e. The Hall–Kier alpha value is -1.94. The van der Waals surface area contributed by atoms with Crippen molar-refractivity contribution in [2.75, 3.05) is 7.05 Å². The van der Waals surface area contributed by atoms with Gasteiger partial charge in [0, 0.05) is 18.0 Å². The maximum absolute atomic E-state index is 5.85. The summed E-state index contributed by atoms with van der Waals surface area (Å²) in [5.74, 6) is 1.61. The first kappa shape index (κ1) is 13.5. The zero-order valence-corrected chi connectivity index (χ0v) is 11.5. The van der Waals surface area contributed by atoms with Gasteiger partial charge in [-0.1, -0.05) is 18.2 Å². The topological polar surface area (TPSA) is 47.0 Å². The molecule has 1 heterocycles. The largest absolute Gasteiger partial charge is 0.491 e. The van der Waals surface area contributed by atoms with Crippen LogP contribution in [-0.4, -0.2) is 23.1 Å². The van der Waals surface area contributed by atoms with Gasteiger partial charge in [0.05, 0.1) is 12.1 Å². The van der Waals surface area contributed by atoms with E-state index in [0.29, 0.717) is 0 Å². The average molecular weight is 257 g/mol. The Kier molecular flexibility index (Phi) is 4.47. The number of ether oxygens (including phenoxy) is 1. The Balaban J connectivity index is 2.38. The van der Waals surface area contributed by atoms with Crippen LogP contribution in [-0.2, 0) is 0 Å². The summed E-state index contributed by atoms with van der Waals surface area (Å²) in [6.07, 6.45) is 3.63. The van der Waals surface area contributed by atoms with E-state index in [1.165, 1.54) is 0 Å². The second kappa shape index (κ2) is 6.29. The Bertz CT molecular complexity index is 514. The van der Waals surface area contributed by atoms with Crippen molar-refractivity contribution >= 4 is 0 Å². The van der Waals surface area contributed by atoms with Gasteiger partial charge in [-0.05, 0) is 33.0 Å². The van der Waals surface area contributed by atoms with E-state index >= 15 is 0 Å². The van der Waals surface area contributed by atoms with Crippen molar-refractivity contribution in [1.29, 1.82) is 0 Å². The van der Waals surface area contributed by atoms with Gasteiger partial charge in [-0.2, -0.15) is 0 Å². The first-order valence-corrected chi connectivity index (χ1v) is 6.42. The third-order valence-electron chi connectivity index (χ3n) is 2.73. The van der Waals surface area contributed by atoms with Gasteiger partial charge in [-0.25, -0.2) is 9.97 Å². The van der Waals surface area contributed by atoms with Crippen LogP contribution in [0.1, 0.15) is 31.3 Å². The second-order valence-electron chi connectivity index (χ2n) is 4.53. The van der Waals surface area contributed by atoms with E-state index in [1.54, 1.807) is 12.4 Å². The van der Waals surface area contributed by atoms with Gasteiger partial charge in [0.1, 0.15) is 11.6 Å². The summed E-state index contributed by atoms with van der Waals surface area (Å²) >= 11 is 0. The van der Waals surface area contributed by atoms with Crippen LogP contribution in [0.4, 0.5) is 0 Å². The molecule has 0 aliphatic rings. The van der Waals surface area contributed by atoms with E-state index in [-0.39, 0.29) is 12.1 Å². The Morgan fingerprint density at radius 3 is 2.37 bits per heavy atom. The number of hydrogen-bond acceptors (Lipinski definition) is 4. The van der Waals surface area contributed by atoms with Crippen LogP contribution in [0, 0.1) is 0 Å². The number of para-hydroxylation sites is 1. The van der Waals surface area contributed by atoms with Crippen molar-refractivity contribution in [3.05, 3.63) is 54.1 Å². The van der Waals surface area contributed by atoms with Crippen molar-refractivity contribution < 1.29 is 4.74 Å². The average Bonchev–Trinajstić information content (AvgIpc) is 2.42. The molecule has 0 amide bonds. The molecule has 2 rings (SSSR count). The highest BCUT2D eigenvalue weighted by Gasteiger charge is 2.19. The molecular weight excluding hydrogens is 238 g/mol. The summed E-state index contributed by atoms with van der Waals surface area (Å²) in [7, 11) is 1.90. The molecule has 1 aromatic heterocycles. The molecule has 1 unspecified atom stereocenters. The van der Waals surface area contributed by atoms with Crippen LogP contribution in [0.3, 0.4) is 0 Å². The van der Waals surface area contributed by atoms with E-state index in [4.69, 9.17) is 4.74 Å². The highest BCUT2D eigenvalue weighted by molar-refractivity contribution is 5.38. The Morgan fingerprint density at radius 1 is 1.05 bits per heavy atom. The van der Waals surface area contributed by atoms with Crippen LogP contribution in [0.25, 0.3) is 0 Å². The Morgan fingerprint density at radius 2 is 1.74 bits per heavy atom. The predicted octanol–water partition coefficient (Wildman–Crippen LogP) is 2.57. The lowest BCUT2D eigenvalue weighted by Gasteiger charge is -2.20. The molecule has 1 N–H and O–H groups in total. The van der Waals surface area contributed by atoms with Crippen molar-refractivity contribution in [2.45, 2.75) is 26.0 Å². The predicted molar refractivity (Wildman–Crippen MR) is 75.1 cm³/mol. The summed E-state index contributed by atoms with van der Waals surface area (Å²) < 4.78 is 5.85. The van der Waals surface area contributed by atoms with E-state index in [2.05, 4.69) is 15.3 Å². The monoisotopic (exact) mass is 257 g/mol. The fraction of sp³-hybridized carbons (Fsp3) is 0.333. The number of benzene rings is 1. The molecule has 0 fully saturated rings. The summed E-state index contributed by atoms with van der Waals surface area (Å²) in [6, 6.07) is 9.72. The maximum Gasteiger partial charge on any atom is 0.149 e. The van der Waals surface area contributed by atoms with Crippen LogP contribution in [0.2, 0.25) is 0 Å². The molecule has 4 nitrogen and oxygen atoms in total. The minimum absolute atomic E-state index is 0.0730. The van der Waals surface area contributed by atoms with Gasteiger partial charge >= 0.3 is 0 Å². The van der Waals surface area contributed by atoms with Crippen molar-refractivity contribution in [3.63, 3.8) is 0 Å². The summed E-state index contributed by atoms with van der Waals surface area (Å²) in [5, 5.41) is 3.24. The fourth-order valence-corrected chi connectivity index (χ4v) is 1.96. The highest BCUT2D eigenvalue weighted by atomic mass is 16.5. The highest BCUT2D eigenvalue weighted by Crippen LogP contribution is 2.28. The molecule has 1 atom stereocenters. The van der Waals surface area contributed by atoms with E-state index in [1.807, 2.05) is 51.2 Å². The minimum atomic E-state index is -0.0730. The van der Waals surface area contributed by atoms with E-state index < -0.39 is 0 Å². The molecule has 0 bridgehead atoms. The van der Waals surface area contributed by atoms with Crippen molar-refractivity contribution in [2.24, 2.45) is 0 Å². The summed E-state index contributed by atoms with van der Waals surface area (Å²) in [6.45, 7) is 4.04. The van der Waals surface area contributed by atoms with Crippen LogP contribution < -0.4 is 10.1 Å². The quantitative estimate of drug-likeness (QED) is 0.894. The normalized spacial score (nSPS) is 12.4. The van der Waals surface area contributed by atoms with Crippen LogP contribution in [0.15, 0.2) is 42.7 Å². The van der Waals surface area contributed by atoms with Crippen molar-refractivity contribution in [3.8, 4) is 5.75 Å². The van der Waals surface area contributed by atoms with Crippen molar-refractivity contribution in [1.82, 2.24) is 15.3 Å². The van der Waals surface area contributed by atoms with Gasteiger partial charge in [0.2, 0.25) is 0 Å². The lowest BCUT2D eigenvalue weighted by molar-refractivity contribution is 0.238. The molecule has 0 aliphatic heterocycles. The molecule has 100 valence electrons.